The molecule has 148 valence electrons. The Hall–Kier alpha value is -3.21. The Morgan fingerprint density at radius 2 is 1.55 bits per heavy atom. The standard InChI is InChI=1S/C24H22F2N2O/c1-24(2,3)18-8-5-16(6-9-18)17-7-11-22-21(13-17)27-23(29)28(22)14-15-4-10-19(25)20(26)12-15/h4-13H,14H2,1-3H3,(H,27,29). The first-order chi connectivity index (χ1) is 13.7. The second kappa shape index (κ2) is 6.99. The topological polar surface area (TPSA) is 37.8 Å². The van der Waals surface area contributed by atoms with Crippen LogP contribution in [0.2, 0.25) is 0 Å². The fourth-order valence-corrected chi connectivity index (χ4v) is 3.48. The minimum Gasteiger partial charge on any atom is -0.306 e. The number of hydrogen-bond donors (Lipinski definition) is 1. The van der Waals surface area contributed by atoms with Crippen molar-refractivity contribution < 1.29 is 8.78 Å². The molecule has 0 amide bonds. The van der Waals surface area contributed by atoms with Gasteiger partial charge in [-0.1, -0.05) is 57.2 Å². The van der Waals surface area contributed by atoms with Crippen LogP contribution in [0.5, 0.6) is 0 Å². The molecule has 3 aromatic carbocycles. The number of fused-ring (bicyclic) bond motifs is 1. The highest BCUT2D eigenvalue weighted by molar-refractivity contribution is 5.82. The van der Waals surface area contributed by atoms with E-state index in [1.807, 2.05) is 18.2 Å². The third kappa shape index (κ3) is 3.73. The van der Waals surface area contributed by atoms with E-state index in [4.69, 9.17) is 0 Å². The van der Waals surface area contributed by atoms with Gasteiger partial charge in [-0.3, -0.25) is 4.57 Å². The highest BCUT2D eigenvalue weighted by atomic mass is 19.2. The number of benzene rings is 3. The van der Waals surface area contributed by atoms with Crippen molar-refractivity contribution in [3.05, 3.63) is 93.9 Å². The summed E-state index contributed by atoms with van der Waals surface area (Å²) in [5.74, 6) is -1.82. The third-order valence-corrected chi connectivity index (χ3v) is 5.18. The lowest BCUT2D eigenvalue weighted by Crippen LogP contribution is -2.17. The van der Waals surface area contributed by atoms with Crippen molar-refractivity contribution in [2.75, 3.05) is 0 Å². The van der Waals surface area contributed by atoms with Crippen LogP contribution in [-0.2, 0) is 12.0 Å². The molecular weight excluding hydrogens is 370 g/mol. The molecule has 0 atom stereocenters. The lowest BCUT2D eigenvalue weighted by atomic mass is 9.86. The van der Waals surface area contributed by atoms with Crippen LogP contribution in [0.3, 0.4) is 0 Å². The van der Waals surface area contributed by atoms with Crippen molar-refractivity contribution in [2.24, 2.45) is 0 Å². The van der Waals surface area contributed by atoms with Gasteiger partial charge in [-0.2, -0.15) is 0 Å². The fraction of sp³-hybridized carbons (Fsp3) is 0.208. The summed E-state index contributed by atoms with van der Waals surface area (Å²) >= 11 is 0. The maximum Gasteiger partial charge on any atom is 0.326 e. The molecule has 4 aromatic rings. The van der Waals surface area contributed by atoms with Crippen LogP contribution < -0.4 is 5.69 Å². The predicted octanol–water partition coefficient (Wildman–Crippen LogP) is 5.62. The minimum absolute atomic E-state index is 0.0881. The van der Waals surface area contributed by atoms with Crippen LogP contribution >= 0.6 is 0 Å². The van der Waals surface area contributed by atoms with E-state index >= 15 is 0 Å². The Morgan fingerprint density at radius 3 is 2.21 bits per heavy atom. The molecule has 4 rings (SSSR count). The van der Waals surface area contributed by atoms with Gasteiger partial charge in [-0.15, -0.1) is 0 Å². The quantitative estimate of drug-likeness (QED) is 0.483. The third-order valence-electron chi connectivity index (χ3n) is 5.18. The highest BCUT2D eigenvalue weighted by Gasteiger charge is 2.14. The Morgan fingerprint density at radius 1 is 0.862 bits per heavy atom. The summed E-state index contributed by atoms with van der Waals surface area (Å²) in [7, 11) is 0. The van der Waals surface area contributed by atoms with E-state index in [2.05, 4.69) is 50.0 Å². The van der Waals surface area contributed by atoms with Gasteiger partial charge in [0.25, 0.3) is 0 Å². The summed E-state index contributed by atoms with van der Waals surface area (Å²) in [5, 5.41) is 0. The minimum atomic E-state index is -0.920. The SMILES string of the molecule is CC(C)(C)c1ccc(-c2ccc3c(c2)[nH]c(=O)n3Cc2ccc(F)c(F)c2)cc1. The molecule has 1 N–H and O–H groups in total. The first kappa shape index (κ1) is 19.1. The molecular formula is C24H22F2N2O. The fourth-order valence-electron chi connectivity index (χ4n) is 3.48. The van der Waals surface area contributed by atoms with Crippen LogP contribution in [0.4, 0.5) is 8.78 Å². The molecule has 0 fully saturated rings. The number of halogens is 2. The van der Waals surface area contributed by atoms with E-state index in [1.165, 1.54) is 16.2 Å². The van der Waals surface area contributed by atoms with E-state index in [9.17, 15) is 13.6 Å². The molecule has 0 aliphatic carbocycles. The van der Waals surface area contributed by atoms with E-state index in [0.29, 0.717) is 11.1 Å². The summed E-state index contributed by atoms with van der Waals surface area (Å²) in [6, 6.07) is 17.8. The van der Waals surface area contributed by atoms with Gasteiger partial charge in [0.05, 0.1) is 17.6 Å². The summed E-state index contributed by atoms with van der Waals surface area (Å²) < 4.78 is 28.2. The molecule has 0 aliphatic rings. The molecule has 0 bridgehead atoms. The molecule has 1 heterocycles. The summed E-state index contributed by atoms with van der Waals surface area (Å²) in [6.45, 7) is 6.69. The second-order valence-electron chi connectivity index (χ2n) is 8.32. The summed E-state index contributed by atoms with van der Waals surface area (Å²) in [4.78, 5) is 15.3. The summed E-state index contributed by atoms with van der Waals surface area (Å²) in [5.41, 5.74) is 5.07. The van der Waals surface area contributed by atoms with E-state index in [0.717, 1.165) is 28.8 Å². The Bertz CT molecular complexity index is 1240. The smallest absolute Gasteiger partial charge is 0.306 e. The van der Waals surface area contributed by atoms with Gasteiger partial charge in [0.1, 0.15) is 0 Å². The van der Waals surface area contributed by atoms with Gasteiger partial charge < -0.3 is 4.98 Å². The highest BCUT2D eigenvalue weighted by Crippen LogP contribution is 2.27. The zero-order chi connectivity index (χ0) is 20.8. The van der Waals surface area contributed by atoms with Gasteiger partial charge in [0, 0.05) is 0 Å². The molecule has 0 saturated heterocycles. The zero-order valence-corrected chi connectivity index (χ0v) is 16.6. The maximum atomic E-state index is 13.5. The number of rotatable bonds is 3. The van der Waals surface area contributed by atoms with Crippen molar-refractivity contribution in [1.82, 2.24) is 9.55 Å². The van der Waals surface area contributed by atoms with Crippen LogP contribution in [0.25, 0.3) is 22.2 Å². The maximum absolute atomic E-state index is 13.5. The van der Waals surface area contributed by atoms with Crippen molar-refractivity contribution in [1.29, 1.82) is 0 Å². The van der Waals surface area contributed by atoms with Crippen molar-refractivity contribution in [3.63, 3.8) is 0 Å². The molecule has 29 heavy (non-hydrogen) atoms. The molecule has 3 nitrogen and oxygen atoms in total. The number of hydrogen-bond acceptors (Lipinski definition) is 1. The normalized spacial score (nSPS) is 11.9. The van der Waals surface area contributed by atoms with E-state index in [-0.39, 0.29) is 17.6 Å². The average molecular weight is 392 g/mol. The number of aromatic nitrogens is 2. The zero-order valence-electron chi connectivity index (χ0n) is 16.6. The number of nitrogens with zero attached hydrogens (tertiary/aromatic N) is 1. The number of nitrogens with one attached hydrogen (secondary N) is 1. The van der Waals surface area contributed by atoms with E-state index < -0.39 is 11.6 Å². The Labute approximate surface area is 167 Å². The largest absolute Gasteiger partial charge is 0.326 e. The molecule has 0 saturated carbocycles. The van der Waals surface area contributed by atoms with Gasteiger partial charge in [-0.05, 0) is 51.9 Å². The first-order valence-electron chi connectivity index (χ1n) is 9.50. The monoisotopic (exact) mass is 392 g/mol. The van der Waals surface area contributed by atoms with E-state index in [1.54, 1.807) is 0 Å². The number of imidazole rings is 1. The van der Waals surface area contributed by atoms with Crippen LogP contribution in [-0.4, -0.2) is 9.55 Å². The van der Waals surface area contributed by atoms with Gasteiger partial charge in [0.15, 0.2) is 11.6 Å². The Balaban J connectivity index is 1.69. The second-order valence-corrected chi connectivity index (χ2v) is 8.32. The number of aromatic amines is 1. The number of H-pyrrole nitrogens is 1. The Kier molecular flexibility index (Phi) is 4.61. The first-order valence-corrected chi connectivity index (χ1v) is 9.50. The van der Waals surface area contributed by atoms with Gasteiger partial charge in [-0.25, -0.2) is 13.6 Å². The van der Waals surface area contributed by atoms with Crippen molar-refractivity contribution >= 4 is 11.0 Å². The van der Waals surface area contributed by atoms with Crippen LogP contribution in [0, 0.1) is 11.6 Å². The van der Waals surface area contributed by atoms with Gasteiger partial charge in [0.2, 0.25) is 0 Å². The molecule has 5 heteroatoms. The lowest BCUT2D eigenvalue weighted by molar-refractivity contribution is 0.506. The summed E-state index contributed by atoms with van der Waals surface area (Å²) in [6.07, 6.45) is 0. The van der Waals surface area contributed by atoms with Crippen molar-refractivity contribution in [2.45, 2.75) is 32.7 Å². The molecule has 0 radical (unpaired) electrons. The predicted molar refractivity (Wildman–Crippen MR) is 112 cm³/mol. The van der Waals surface area contributed by atoms with Crippen LogP contribution in [0.15, 0.2) is 65.5 Å². The molecule has 0 unspecified atom stereocenters. The van der Waals surface area contributed by atoms with Crippen LogP contribution in [0.1, 0.15) is 31.9 Å². The molecule has 0 aliphatic heterocycles. The van der Waals surface area contributed by atoms with Gasteiger partial charge >= 0.3 is 5.69 Å². The van der Waals surface area contributed by atoms with Crippen molar-refractivity contribution in [3.8, 4) is 11.1 Å². The molecule has 0 spiro atoms. The molecule has 1 aromatic heterocycles. The average Bonchev–Trinajstić information content (AvgIpc) is 2.98. The lowest BCUT2D eigenvalue weighted by Gasteiger charge is -2.19.